The summed E-state index contributed by atoms with van der Waals surface area (Å²) in [6.45, 7) is 3.25. The normalized spacial score (nSPS) is 11.1. The van der Waals surface area contributed by atoms with Gasteiger partial charge < -0.3 is 15.6 Å². The molecule has 2 heterocycles. The second kappa shape index (κ2) is 9.95. The highest BCUT2D eigenvalue weighted by atomic mass is 32.2. The number of hydrogen-bond donors (Lipinski definition) is 3. The minimum absolute atomic E-state index is 0.420. The maximum atomic E-state index is 11.8. The molecule has 0 unspecified atom stereocenters. The number of nitrogens with one attached hydrogen (secondary N) is 3. The van der Waals surface area contributed by atoms with Crippen LogP contribution in [0.3, 0.4) is 0 Å². The average molecular weight is 424 g/mol. The Kier molecular flexibility index (Phi) is 7.36. The Hall–Kier alpha value is -1.78. The summed E-state index contributed by atoms with van der Waals surface area (Å²) in [5.41, 5.74) is 2.11. The summed E-state index contributed by atoms with van der Waals surface area (Å²) in [6, 6.07) is 0. The molecule has 2 aromatic heterocycles. The minimum atomic E-state index is -0.428. The molecule has 144 valence electrons. The van der Waals surface area contributed by atoms with Crippen molar-refractivity contribution in [3.63, 3.8) is 0 Å². The fraction of sp³-hybridized carbons (Fsp3) is 0.412. The molecule has 0 atom stereocenters. The van der Waals surface area contributed by atoms with Crippen LogP contribution in [0.25, 0.3) is 0 Å². The zero-order valence-electron chi connectivity index (χ0n) is 14.9. The summed E-state index contributed by atoms with van der Waals surface area (Å²) in [7, 11) is 0. The van der Waals surface area contributed by atoms with Gasteiger partial charge in [0.15, 0.2) is 0 Å². The van der Waals surface area contributed by atoms with Crippen molar-refractivity contribution in [3.8, 4) is 0 Å². The van der Waals surface area contributed by atoms with Crippen LogP contribution in [0.5, 0.6) is 0 Å². The fourth-order valence-electron chi connectivity index (χ4n) is 2.42. The monoisotopic (exact) mass is 423 g/mol. The standard InChI is InChI=1S/C17H21N5O2S3/c1-11-12(22-10-21-11)8-25-5-2-19-14-15(17(24)16(14)23)20-3-6-26-9-13-18-4-7-27-13/h4,7,10,19-20H,2-3,5-6,8-9H2,1H3,(H,21,22). The molecule has 3 aromatic rings. The van der Waals surface area contributed by atoms with Gasteiger partial charge in [0.2, 0.25) is 0 Å². The van der Waals surface area contributed by atoms with Crippen molar-refractivity contribution in [3.05, 3.63) is 54.7 Å². The molecule has 0 amide bonds. The van der Waals surface area contributed by atoms with Gasteiger partial charge in [-0.1, -0.05) is 0 Å². The molecule has 3 N–H and O–H groups in total. The van der Waals surface area contributed by atoms with Crippen molar-refractivity contribution in [1.29, 1.82) is 0 Å². The van der Waals surface area contributed by atoms with Crippen molar-refractivity contribution >= 4 is 46.2 Å². The topological polar surface area (TPSA) is 99.8 Å². The van der Waals surface area contributed by atoms with E-state index in [9.17, 15) is 9.59 Å². The van der Waals surface area contributed by atoms with E-state index in [2.05, 4.69) is 25.6 Å². The first kappa shape index (κ1) is 20.0. The molecule has 0 aliphatic rings. The van der Waals surface area contributed by atoms with E-state index in [0.717, 1.165) is 39.4 Å². The second-order valence-electron chi connectivity index (χ2n) is 5.76. The zero-order valence-corrected chi connectivity index (χ0v) is 17.4. The largest absolute Gasteiger partial charge is 0.379 e. The van der Waals surface area contributed by atoms with E-state index in [1.54, 1.807) is 47.4 Å². The van der Waals surface area contributed by atoms with Crippen LogP contribution < -0.4 is 21.5 Å². The number of hydrogen-bond acceptors (Lipinski definition) is 9. The Bertz CT molecular complexity index is 916. The summed E-state index contributed by atoms with van der Waals surface area (Å²) >= 11 is 5.14. The molecule has 0 aliphatic heterocycles. The van der Waals surface area contributed by atoms with Crippen LogP contribution in [0.15, 0.2) is 27.5 Å². The predicted octanol–water partition coefficient (Wildman–Crippen LogP) is 2.46. The van der Waals surface area contributed by atoms with Crippen LogP contribution in [-0.2, 0) is 11.5 Å². The van der Waals surface area contributed by atoms with Crippen LogP contribution in [0.2, 0.25) is 0 Å². The molecule has 0 aliphatic carbocycles. The van der Waals surface area contributed by atoms with Crippen molar-refractivity contribution < 1.29 is 0 Å². The third-order valence-electron chi connectivity index (χ3n) is 3.90. The van der Waals surface area contributed by atoms with E-state index >= 15 is 0 Å². The van der Waals surface area contributed by atoms with Crippen LogP contribution in [0.1, 0.15) is 16.4 Å². The Balaban J connectivity index is 1.34. The van der Waals surface area contributed by atoms with Gasteiger partial charge in [0.25, 0.3) is 10.9 Å². The van der Waals surface area contributed by atoms with E-state index in [-0.39, 0.29) is 0 Å². The smallest absolute Gasteiger partial charge is 0.253 e. The first-order valence-corrected chi connectivity index (χ1v) is 11.7. The highest BCUT2D eigenvalue weighted by Gasteiger charge is 2.19. The number of anilines is 2. The molecular formula is C17H21N5O2S3. The number of aromatic nitrogens is 3. The Morgan fingerprint density at radius 1 is 1.04 bits per heavy atom. The van der Waals surface area contributed by atoms with E-state index in [0.29, 0.717) is 24.5 Å². The summed E-state index contributed by atoms with van der Waals surface area (Å²) in [6.07, 6.45) is 3.49. The van der Waals surface area contributed by atoms with Crippen molar-refractivity contribution in [1.82, 2.24) is 15.0 Å². The molecule has 0 saturated heterocycles. The lowest BCUT2D eigenvalue weighted by atomic mass is 10.2. The maximum absolute atomic E-state index is 11.8. The number of aromatic amines is 1. The lowest BCUT2D eigenvalue weighted by Crippen LogP contribution is -2.38. The molecule has 0 radical (unpaired) electrons. The number of rotatable bonds is 12. The lowest BCUT2D eigenvalue weighted by molar-refractivity contribution is 1.14. The predicted molar refractivity (Wildman–Crippen MR) is 116 cm³/mol. The highest BCUT2D eigenvalue weighted by Crippen LogP contribution is 2.17. The van der Waals surface area contributed by atoms with Gasteiger partial charge in [-0.15, -0.1) is 11.3 Å². The molecule has 27 heavy (non-hydrogen) atoms. The molecule has 10 heteroatoms. The van der Waals surface area contributed by atoms with Gasteiger partial charge >= 0.3 is 0 Å². The van der Waals surface area contributed by atoms with E-state index < -0.39 is 10.9 Å². The van der Waals surface area contributed by atoms with Crippen molar-refractivity contribution in [2.45, 2.75) is 18.4 Å². The number of H-pyrrole nitrogens is 1. The molecule has 0 fully saturated rings. The summed E-state index contributed by atoms with van der Waals surface area (Å²) in [4.78, 5) is 35.0. The first-order chi connectivity index (χ1) is 13.2. The van der Waals surface area contributed by atoms with E-state index in [4.69, 9.17) is 0 Å². The van der Waals surface area contributed by atoms with Gasteiger partial charge in [-0.3, -0.25) is 9.59 Å². The van der Waals surface area contributed by atoms with Crippen LogP contribution in [0, 0.1) is 6.92 Å². The molecule has 3 rings (SSSR count). The van der Waals surface area contributed by atoms with Crippen LogP contribution in [0.4, 0.5) is 11.4 Å². The van der Waals surface area contributed by atoms with E-state index in [1.165, 1.54) is 0 Å². The molecule has 0 bridgehead atoms. The third kappa shape index (κ3) is 5.36. The summed E-state index contributed by atoms with van der Waals surface area (Å²) in [5, 5.41) is 9.24. The number of aryl methyl sites for hydroxylation is 1. The minimum Gasteiger partial charge on any atom is -0.379 e. The molecule has 1 aromatic carbocycles. The van der Waals surface area contributed by atoms with Crippen molar-refractivity contribution in [2.24, 2.45) is 0 Å². The van der Waals surface area contributed by atoms with E-state index in [1.807, 2.05) is 12.3 Å². The number of nitrogens with zero attached hydrogens (tertiary/aromatic N) is 2. The first-order valence-electron chi connectivity index (χ1n) is 8.50. The van der Waals surface area contributed by atoms with Gasteiger partial charge in [0.1, 0.15) is 16.4 Å². The van der Waals surface area contributed by atoms with Gasteiger partial charge in [-0.2, -0.15) is 23.5 Å². The van der Waals surface area contributed by atoms with Crippen LogP contribution >= 0.6 is 34.9 Å². The number of thioether (sulfide) groups is 2. The quantitative estimate of drug-likeness (QED) is 0.302. The maximum Gasteiger partial charge on any atom is 0.253 e. The SMILES string of the molecule is Cc1nc[nH]c1CSCCNc1c(NCCSCc2nccs2)c(=O)c1=O. The highest BCUT2D eigenvalue weighted by molar-refractivity contribution is 7.98. The van der Waals surface area contributed by atoms with Gasteiger partial charge in [0, 0.05) is 53.4 Å². The second-order valence-corrected chi connectivity index (χ2v) is 8.95. The number of thiazole rings is 1. The molecule has 0 spiro atoms. The summed E-state index contributed by atoms with van der Waals surface area (Å²) < 4.78 is 0. The Morgan fingerprint density at radius 2 is 1.70 bits per heavy atom. The molecule has 0 saturated carbocycles. The van der Waals surface area contributed by atoms with Gasteiger partial charge in [0.05, 0.1) is 12.0 Å². The molecule has 7 nitrogen and oxygen atoms in total. The molecular weight excluding hydrogens is 402 g/mol. The summed E-state index contributed by atoms with van der Waals surface area (Å²) in [5.74, 6) is 3.39. The van der Waals surface area contributed by atoms with Gasteiger partial charge in [-0.05, 0) is 6.92 Å². The fourth-order valence-corrected chi connectivity index (χ4v) is 4.87. The average Bonchev–Trinajstić information content (AvgIpc) is 3.33. The zero-order chi connectivity index (χ0) is 19.1. The van der Waals surface area contributed by atoms with Crippen LogP contribution in [-0.4, -0.2) is 39.5 Å². The Labute approximate surface area is 169 Å². The third-order valence-corrected chi connectivity index (χ3v) is 6.81. The number of imidazole rings is 1. The lowest BCUT2D eigenvalue weighted by Gasteiger charge is -2.14. The van der Waals surface area contributed by atoms with Crippen molar-refractivity contribution in [2.75, 3.05) is 35.2 Å². The Morgan fingerprint density at radius 3 is 2.26 bits per heavy atom. The van der Waals surface area contributed by atoms with Gasteiger partial charge in [-0.25, -0.2) is 9.97 Å².